The lowest BCUT2D eigenvalue weighted by molar-refractivity contribution is -0.384. The molecule has 0 fully saturated rings. The summed E-state index contributed by atoms with van der Waals surface area (Å²) in [5.41, 5.74) is -0.421. The first-order chi connectivity index (χ1) is 8.76. The molecule has 2 aromatic rings. The Labute approximate surface area is 109 Å². The fraction of sp³-hybridized carbons (Fsp3) is 0.308. The maximum atomic E-state index is 11.8. The van der Waals surface area contributed by atoms with Gasteiger partial charge in [0, 0.05) is 11.5 Å². The van der Waals surface area contributed by atoms with Gasteiger partial charge in [-0.2, -0.15) is 0 Å². The Morgan fingerprint density at radius 1 is 1.32 bits per heavy atom. The minimum atomic E-state index is -0.623. The van der Waals surface area contributed by atoms with Gasteiger partial charge in [-0.1, -0.05) is 0 Å². The lowest BCUT2D eigenvalue weighted by Gasteiger charge is -2.18. The Balaban J connectivity index is 2.36. The number of nitrogens with zero attached hydrogens (tertiary/aromatic N) is 1. The van der Waals surface area contributed by atoms with Crippen molar-refractivity contribution in [2.24, 2.45) is 0 Å². The van der Waals surface area contributed by atoms with Crippen molar-refractivity contribution < 1.29 is 18.9 Å². The third-order valence-corrected chi connectivity index (χ3v) is 2.31. The van der Waals surface area contributed by atoms with Gasteiger partial charge in [0.25, 0.3) is 5.69 Å². The van der Waals surface area contributed by atoms with Crippen LogP contribution in [0, 0.1) is 10.1 Å². The van der Waals surface area contributed by atoms with Crippen molar-refractivity contribution in [2.75, 3.05) is 0 Å². The summed E-state index contributed by atoms with van der Waals surface area (Å²) in [5, 5.41) is 11.3. The molecule has 0 bridgehead atoms. The second kappa shape index (κ2) is 4.38. The van der Waals surface area contributed by atoms with E-state index in [1.54, 1.807) is 20.8 Å². The Morgan fingerprint density at radius 2 is 2.00 bits per heavy atom. The van der Waals surface area contributed by atoms with E-state index in [4.69, 9.17) is 9.15 Å². The first-order valence-corrected chi connectivity index (χ1v) is 5.67. The number of benzene rings is 1. The largest absolute Gasteiger partial charge is 0.454 e. The first-order valence-electron chi connectivity index (χ1n) is 5.67. The topological polar surface area (TPSA) is 82.6 Å². The number of carbonyl (C=O) groups is 1. The maximum Gasteiger partial charge on any atom is 0.374 e. The van der Waals surface area contributed by atoms with Crippen LogP contribution in [0.4, 0.5) is 5.69 Å². The third kappa shape index (κ3) is 2.90. The zero-order valence-electron chi connectivity index (χ0n) is 10.8. The van der Waals surface area contributed by atoms with E-state index >= 15 is 0 Å². The van der Waals surface area contributed by atoms with E-state index in [2.05, 4.69) is 0 Å². The van der Waals surface area contributed by atoms with Crippen molar-refractivity contribution >= 4 is 22.6 Å². The summed E-state index contributed by atoms with van der Waals surface area (Å²) >= 11 is 0. The van der Waals surface area contributed by atoms with E-state index < -0.39 is 16.5 Å². The van der Waals surface area contributed by atoms with Crippen LogP contribution < -0.4 is 0 Å². The van der Waals surface area contributed by atoms with E-state index in [9.17, 15) is 14.9 Å². The summed E-state index contributed by atoms with van der Waals surface area (Å²) in [6, 6.07) is 5.68. The number of nitro benzene ring substituents is 1. The molecule has 0 aliphatic heterocycles. The molecule has 0 aliphatic carbocycles. The Bertz CT molecular complexity index is 651. The molecule has 6 nitrogen and oxygen atoms in total. The van der Waals surface area contributed by atoms with Crippen molar-refractivity contribution in [3.63, 3.8) is 0 Å². The monoisotopic (exact) mass is 263 g/mol. The summed E-state index contributed by atoms with van der Waals surface area (Å²) in [6.45, 7) is 5.25. The van der Waals surface area contributed by atoms with E-state index in [1.807, 2.05) is 0 Å². The Hall–Kier alpha value is -2.37. The molecule has 6 heteroatoms. The molecule has 0 atom stereocenters. The molecule has 2 rings (SSSR count). The molecule has 0 radical (unpaired) electrons. The van der Waals surface area contributed by atoms with Crippen LogP contribution in [0.5, 0.6) is 0 Å². The third-order valence-electron chi connectivity index (χ3n) is 2.31. The number of non-ortho nitro benzene ring substituents is 1. The molecule has 1 aromatic carbocycles. The first kappa shape index (κ1) is 13.1. The standard InChI is InChI=1S/C13H13NO5/c1-13(2,3)19-12(15)11-6-8-4-5-9(14(16)17)7-10(8)18-11/h4-7H,1-3H3. The molecule has 0 saturated heterocycles. The van der Waals surface area contributed by atoms with Crippen molar-refractivity contribution in [1.82, 2.24) is 0 Å². The van der Waals surface area contributed by atoms with Gasteiger partial charge in [-0.05, 0) is 32.9 Å². The Kier molecular flexibility index (Phi) is 3.01. The van der Waals surface area contributed by atoms with E-state index in [1.165, 1.54) is 24.3 Å². The molecule has 1 aromatic heterocycles. The van der Waals surface area contributed by atoms with Crippen molar-refractivity contribution in [1.29, 1.82) is 0 Å². The normalized spacial score (nSPS) is 11.5. The van der Waals surface area contributed by atoms with Gasteiger partial charge in [0.1, 0.15) is 11.2 Å². The van der Waals surface area contributed by atoms with Crippen LogP contribution >= 0.6 is 0 Å². The lowest BCUT2D eigenvalue weighted by Crippen LogP contribution is -2.23. The molecule has 100 valence electrons. The summed E-state index contributed by atoms with van der Waals surface area (Å²) in [6.07, 6.45) is 0. The van der Waals surface area contributed by atoms with Gasteiger partial charge in [-0.25, -0.2) is 4.79 Å². The maximum absolute atomic E-state index is 11.8. The van der Waals surface area contributed by atoms with Gasteiger partial charge in [0.15, 0.2) is 0 Å². The average molecular weight is 263 g/mol. The predicted octanol–water partition coefficient (Wildman–Crippen LogP) is 3.30. The van der Waals surface area contributed by atoms with Gasteiger partial charge in [-0.15, -0.1) is 0 Å². The minimum absolute atomic E-state index is 0.0328. The van der Waals surface area contributed by atoms with Gasteiger partial charge in [-0.3, -0.25) is 10.1 Å². The number of hydrogen-bond donors (Lipinski definition) is 0. The van der Waals surface area contributed by atoms with Crippen LogP contribution in [0.3, 0.4) is 0 Å². The number of ether oxygens (including phenoxy) is 1. The van der Waals surface area contributed by atoms with Crippen molar-refractivity contribution in [3.8, 4) is 0 Å². The Morgan fingerprint density at radius 3 is 2.58 bits per heavy atom. The van der Waals surface area contributed by atoms with Crippen LogP contribution in [0.1, 0.15) is 31.3 Å². The number of hydrogen-bond acceptors (Lipinski definition) is 5. The van der Waals surface area contributed by atoms with E-state index in [0.29, 0.717) is 5.39 Å². The van der Waals surface area contributed by atoms with Crippen LogP contribution in [0.2, 0.25) is 0 Å². The van der Waals surface area contributed by atoms with Crippen LogP contribution in [0.25, 0.3) is 11.0 Å². The second-order valence-corrected chi connectivity index (χ2v) is 5.09. The fourth-order valence-electron chi connectivity index (χ4n) is 1.56. The van der Waals surface area contributed by atoms with Crippen LogP contribution in [-0.2, 0) is 4.74 Å². The highest BCUT2D eigenvalue weighted by atomic mass is 16.6. The zero-order chi connectivity index (χ0) is 14.2. The van der Waals surface area contributed by atoms with Gasteiger partial charge >= 0.3 is 5.97 Å². The lowest BCUT2D eigenvalue weighted by atomic mass is 10.2. The average Bonchev–Trinajstić information content (AvgIpc) is 2.68. The minimum Gasteiger partial charge on any atom is -0.454 e. The molecular weight excluding hydrogens is 250 g/mol. The van der Waals surface area contributed by atoms with Crippen LogP contribution in [-0.4, -0.2) is 16.5 Å². The highest BCUT2D eigenvalue weighted by molar-refractivity contribution is 5.93. The van der Waals surface area contributed by atoms with Gasteiger partial charge in [0.2, 0.25) is 5.76 Å². The molecule has 0 aliphatic rings. The molecule has 0 saturated carbocycles. The number of rotatable bonds is 2. The summed E-state index contributed by atoms with van der Waals surface area (Å²) < 4.78 is 10.5. The number of esters is 1. The molecule has 1 heterocycles. The number of fused-ring (bicyclic) bond motifs is 1. The highest BCUT2D eigenvalue weighted by Gasteiger charge is 2.21. The van der Waals surface area contributed by atoms with Crippen LogP contribution in [0.15, 0.2) is 28.7 Å². The number of furan rings is 1. The number of carbonyl (C=O) groups excluding carboxylic acids is 1. The summed E-state index contributed by atoms with van der Waals surface area (Å²) in [4.78, 5) is 21.9. The molecule has 19 heavy (non-hydrogen) atoms. The zero-order valence-corrected chi connectivity index (χ0v) is 10.8. The SMILES string of the molecule is CC(C)(C)OC(=O)c1cc2ccc([N+](=O)[O-])cc2o1. The van der Waals surface area contributed by atoms with E-state index in [-0.39, 0.29) is 17.0 Å². The molecule has 0 spiro atoms. The van der Waals surface area contributed by atoms with Crippen molar-refractivity contribution in [3.05, 3.63) is 40.1 Å². The summed E-state index contributed by atoms with van der Waals surface area (Å²) in [5.74, 6) is -0.559. The number of nitro groups is 1. The predicted molar refractivity (Wildman–Crippen MR) is 68.0 cm³/mol. The second-order valence-electron chi connectivity index (χ2n) is 5.09. The summed E-state index contributed by atoms with van der Waals surface area (Å²) in [7, 11) is 0. The van der Waals surface area contributed by atoms with Crippen molar-refractivity contribution in [2.45, 2.75) is 26.4 Å². The highest BCUT2D eigenvalue weighted by Crippen LogP contribution is 2.25. The quantitative estimate of drug-likeness (QED) is 0.471. The van der Waals surface area contributed by atoms with Gasteiger partial charge < -0.3 is 9.15 Å². The molecule has 0 N–H and O–H groups in total. The smallest absolute Gasteiger partial charge is 0.374 e. The molecule has 0 unspecified atom stereocenters. The van der Waals surface area contributed by atoms with E-state index in [0.717, 1.165) is 0 Å². The van der Waals surface area contributed by atoms with Gasteiger partial charge in [0.05, 0.1) is 11.0 Å². The molecule has 0 amide bonds. The fourth-order valence-corrected chi connectivity index (χ4v) is 1.56. The molecular formula is C13H13NO5.